The van der Waals surface area contributed by atoms with Crippen molar-refractivity contribution in [2.45, 2.75) is 13.8 Å². The van der Waals surface area contributed by atoms with Crippen LogP contribution in [0, 0.1) is 25.2 Å². The zero-order chi connectivity index (χ0) is 16.4. The van der Waals surface area contributed by atoms with E-state index in [-0.39, 0.29) is 5.69 Å². The van der Waals surface area contributed by atoms with Gasteiger partial charge in [-0.15, -0.1) is 5.10 Å². The Morgan fingerprint density at radius 2 is 1.83 bits per heavy atom. The molecule has 23 heavy (non-hydrogen) atoms. The van der Waals surface area contributed by atoms with Crippen LogP contribution in [0.5, 0.6) is 5.75 Å². The van der Waals surface area contributed by atoms with Crippen molar-refractivity contribution in [1.29, 1.82) is 5.26 Å². The molecule has 0 radical (unpaired) electrons. The summed E-state index contributed by atoms with van der Waals surface area (Å²) in [5, 5.41) is 17.6. The van der Waals surface area contributed by atoms with Crippen molar-refractivity contribution in [3.05, 3.63) is 59.3 Å². The topological polar surface area (TPSA) is 63.7 Å². The number of methoxy groups -OCH3 is 1. The molecule has 0 saturated heterocycles. The lowest BCUT2D eigenvalue weighted by atomic mass is 10.1. The van der Waals surface area contributed by atoms with Crippen LogP contribution >= 0.6 is 0 Å². The average Bonchev–Trinajstić information content (AvgIpc) is 2.98. The standard InChI is InChI=1S/C18H16N4O/c1-12-7-13(2)9-15(8-12)22-18(17(11-19)20-21-22)14-5-4-6-16(10-14)23-3/h4-10H,1-3H3. The molecule has 0 unspecified atom stereocenters. The van der Waals surface area contributed by atoms with Gasteiger partial charge in [-0.1, -0.05) is 23.4 Å². The maximum atomic E-state index is 9.38. The molecule has 0 spiro atoms. The maximum absolute atomic E-state index is 9.38. The summed E-state index contributed by atoms with van der Waals surface area (Å²) in [5.41, 5.74) is 4.93. The third kappa shape index (κ3) is 2.79. The fourth-order valence-electron chi connectivity index (χ4n) is 2.64. The van der Waals surface area contributed by atoms with Gasteiger partial charge in [0.05, 0.1) is 12.8 Å². The van der Waals surface area contributed by atoms with E-state index in [4.69, 9.17) is 4.74 Å². The molecule has 0 N–H and O–H groups in total. The number of hydrogen-bond acceptors (Lipinski definition) is 4. The quantitative estimate of drug-likeness (QED) is 0.743. The summed E-state index contributed by atoms with van der Waals surface area (Å²) in [4.78, 5) is 0. The summed E-state index contributed by atoms with van der Waals surface area (Å²) in [6.45, 7) is 4.06. The monoisotopic (exact) mass is 304 g/mol. The molecule has 5 nitrogen and oxygen atoms in total. The number of rotatable bonds is 3. The third-order valence-corrected chi connectivity index (χ3v) is 3.57. The molecule has 0 aliphatic carbocycles. The Morgan fingerprint density at radius 3 is 2.48 bits per heavy atom. The molecular weight excluding hydrogens is 288 g/mol. The molecule has 0 fully saturated rings. The highest BCUT2D eigenvalue weighted by Crippen LogP contribution is 2.28. The zero-order valence-electron chi connectivity index (χ0n) is 13.2. The van der Waals surface area contributed by atoms with Crippen LogP contribution in [0.15, 0.2) is 42.5 Å². The third-order valence-electron chi connectivity index (χ3n) is 3.57. The Balaban J connectivity index is 2.24. The number of aromatic nitrogens is 3. The van der Waals surface area contributed by atoms with Crippen LogP contribution in [0.1, 0.15) is 16.8 Å². The number of nitrogens with zero attached hydrogens (tertiary/aromatic N) is 4. The number of aryl methyl sites for hydroxylation is 2. The van der Waals surface area contributed by atoms with Crippen LogP contribution in [-0.2, 0) is 0 Å². The summed E-state index contributed by atoms with van der Waals surface area (Å²) in [6.07, 6.45) is 0. The molecule has 5 heteroatoms. The van der Waals surface area contributed by atoms with Crippen molar-refractivity contribution >= 4 is 0 Å². The van der Waals surface area contributed by atoms with E-state index in [1.807, 2.05) is 50.2 Å². The van der Waals surface area contributed by atoms with Crippen LogP contribution in [0.3, 0.4) is 0 Å². The molecule has 114 valence electrons. The second-order valence-corrected chi connectivity index (χ2v) is 5.39. The van der Waals surface area contributed by atoms with E-state index in [1.165, 1.54) is 0 Å². The lowest BCUT2D eigenvalue weighted by Crippen LogP contribution is -2.01. The van der Waals surface area contributed by atoms with Crippen molar-refractivity contribution in [2.24, 2.45) is 0 Å². The van der Waals surface area contributed by atoms with Crippen molar-refractivity contribution in [3.8, 4) is 28.8 Å². The smallest absolute Gasteiger partial charge is 0.191 e. The normalized spacial score (nSPS) is 10.3. The lowest BCUT2D eigenvalue weighted by molar-refractivity contribution is 0.415. The van der Waals surface area contributed by atoms with Crippen LogP contribution in [0.25, 0.3) is 16.9 Å². The lowest BCUT2D eigenvalue weighted by Gasteiger charge is -2.10. The van der Waals surface area contributed by atoms with Gasteiger partial charge in [0.25, 0.3) is 0 Å². The van der Waals surface area contributed by atoms with E-state index in [0.29, 0.717) is 5.69 Å². The fourth-order valence-corrected chi connectivity index (χ4v) is 2.64. The number of hydrogen-bond donors (Lipinski definition) is 0. The van der Waals surface area contributed by atoms with E-state index >= 15 is 0 Å². The van der Waals surface area contributed by atoms with Crippen LogP contribution in [0.4, 0.5) is 0 Å². The second kappa shape index (κ2) is 5.93. The maximum Gasteiger partial charge on any atom is 0.191 e. The van der Waals surface area contributed by atoms with Crippen molar-refractivity contribution in [1.82, 2.24) is 15.0 Å². The van der Waals surface area contributed by atoms with Crippen LogP contribution < -0.4 is 4.74 Å². The summed E-state index contributed by atoms with van der Waals surface area (Å²) in [7, 11) is 1.61. The fraction of sp³-hybridized carbons (Fsp3) is 0.167. The van der Waals surface area contributed by atoms with Gasteiger partial charge in [0.15, 0.2) is 5.69 Å². The minimum absolute atomic E-state index is 0.289. The predicted molar refractivity (Wildman–Crippen MR) is 87.5 cm³/mol. The first-order chi connectivity index (χ1) is 11.1. The Hall–Kier alpha value is -3.13. The Labute approximate surface area is 134 Å². The largest absolute Gasteiger partial charge is 0.497 e. The van der Waals surface area contributed by atoms with E-state index in [0.717, 1.165) is 28.1 Å². The van der Waals surface area contributed by atoms with Gasteiger partial charge >= 0.3 is 0 Å². The number of benzene rings is 2. The molecule has 1 aromatic heterocycles. The van der Waals surface area contributed by atoms with E-state index in [1.54, 1.807) is 11.8 Å². The first-order valence-electron chi connectivity index (χ1n) is 7.21. The number of nitriles is 1. The first-order valence-corrected chi connectivity index (χ1v) is 7.21. The zero-order valence-corrected chi connectivity index (χ0v) is 13.2. The Kier molecular flexibility index (Phi) is 3.82. The summed E-state index contributed by atoms with van der Waals surface area (Å²) >= 11 is 0. The van der Waals surface area contributed by atoms with E-state index in [9.17, 15) is 5.26 Å². The Morgan fingerprint density at radius 1 is 1.09 bits per heavy atom. The minimum Gasteiger partial charge on any atom is -0.497 e. The molecule has 0 atom stereocenters. The predicted octanol–water partition coefficient (Wildman–Crippen LogP) is 3.43. The first kappa shape index (κ1) is 14.8. The van der Waals surface area contributed by atoms with Crippen LogP contribution in [0.2, 0.25) is 0 Å². The molecular formula is C18H16N4O. The second-order valence-electron chi connectivity index (χ2n) is 5.39. The van der Waals surface area contributed by atoms with E-state index < -0.39 is 0 Å². The van der Waals surface area contributed by atoms with Gasteiger partial charge in [-0.05, 0) is 49.2 Å². The highest BCUT2D eigenvalue weighted by atomic mass is 16.5. The molecule has 0 saturated carbocycles. The highest BCUT2D eigenvalue weighted by molar-refractivity contribution is 5.68. The Bertz CT molecular complexity index is 885. The number of ether oxygens (including phenoxy) is 1. The van der Waals surface area contributed by atoms with Crippen molar-refractivity contribution < 1.29 is 4.74 Å². The molecule has 0 aliphatic heterocycles. The van der Waals surface area contributed by atoms with Gasteiger partial charge in [0.1, 0.15) is 17.5 Å². The van der Waals surface area contributed by atoms with Gasteiger partial charge < -0.3 is 4.74 Å². The van der Waals surface area contributed by atoms with Crippen LogP contribution in [-0.4, -0.2) is 22.1 Å². The molecule has 1 heterocycles. The van der Waals surface area contributed by atoms with Gasteiger partial charge in [-0.2, -0.15) is 5.26 Å². The van der Waals surface area contributed by atoms with Gasteiger partial charge in [-0.3, -0.25) is 0 Å². The van der Waals surface area contributed by atoms with Gasteiger partial charge in [0.2, 0.25) is 0 Å². The molecule has 3 rings (SSSR count). The molecule has 2 aromatic carbocycles. The van der Waals surface area contributed by atoms with Crippen molar-refractivity contribution in [3.63, 3.8) is 0 Å². The molecule has 0 aliphatic rings. The van der Waals surface area contributed by atoms with E-state index in [2.05, 4.69) is 22.4 Å². The molecule has 3 aromatic rings. The molecule has 0 amide bonds. The summed E-state index contributed by atoms with van der Waals surface area (Å²) in [5.74, 6) is 0.722. The average molecular weight is 304 g/mol. The minimum atomic E-state index is 0.289. The molecule has 0 bridgehead atoms. The van der Waals surface area contributed by atoms with Gasteiger partial charge in [-0.25, -0.2) is 4.68 Å². The van der Waals surface area contributed by atoms with Gasteiger partial charge in [0, 0.05) is 5.56 Å². The van der Waals surface area contributed by atoms with Crippen molar-refractivity contribution in [2.75, 3.05) is 7.11 Å². The SMILES string of the molecule is COc1cccc(-c2c(C#N)nnn2-c2cc(C)cc(C)c2)c1. The summed E-state index contributed by atoms with van der Waals surface area (Å²) in [6, 6.07) is 15.8. The summed E-state index contributed by atoms with van der Waals surface area (Å²) < 4.78 is 6.98. The highest BCUT2D eigenvalue weighted by Gasteiger charge is 2.17.